The number of methoxy groups -OCH3 is 2. The Morgan fingerprint density at radius 1 is 1.41 bits per heavy atom. The topological polar surface area (TPSA) is 38.8 Å². The van der Waals surface area contributed by atoms with Gasteiger partial charge in [-0.15, -0.1) is 0 Å². The van der Waals surface area contributed by atoms with Gasteiger partial charge in [0.25, 0.3) is 0 Å². The molecule has 0 aliphatic rings. The number of para-hydroxylation sites is 2. The van der Waals surface area contributed by atoms with Crippen LogP contribution in [0.25, 0.3) is 0 Å². The number of ether oxygens (including phenoxy) is 2. The number of benzene rings is 1. The molecule has 0 fully saturated rings. The van der Waals surface area contributed by atoms with Gasteiger partial charge in [-0.25, -0.2) is 0 Å². The number of anilines is 1. The molecule has 0 bridgehead atoms. The summed E-state index contributed by atoms with van der Waals surface area (Å²) in [6, 6.07) is 7.65. The van der Waals surface area contributed by atoms with E-state index in [0.29, 0.717) is 6.54 Å². The smallest absolute Gasteiger partial charge is 0.321 e. The number of carbonyl (C=O) groups is 1. The minimum atomic E-state index is -0.359. The van der Waals surface area contributed by atoms with Gasteiger partial charge in [0.2, 0.25) is 0 Å². The zero-order valence-electron chi connectivity index (χ0n) is 10.1. The first-order chi connectivity index (χ1) is 8.10. The number of alkyl halides is 1. The molecule has 0 saturated heterocycles. The van der Waals surface area contributed by atoms with Crippen LogP contribution >= 0.6 is 15.9 Å². The Bertz CT molecular complexity index is 384. The largest absolute Gasteiger partial charge is 0.495 e. The molecule has 94 valence electrons. The zero-order chi connectivity index (χ0) is 12.8. The van der Waals surface area contributed by atoms with Gasteiger partial charge in [-0.3, -0.25) is 4.79 Å². The number of halogens is 1. The van der Waals surface area contributed by atoms with Gasteiger partial charge in [-0.05, 0) is 12.1 Å². The molecule has 0 aliphatic heterocycles. The normalized spacial score (nSPS) is 11.8. The molecule has 5 heteroatoms. The summed E-state index contributed by atoms with van der Waals surface area (Å²) in [5.74, 6) is 0.492. The molecule has 1 aromatic rings. The summed E-state index contributed by atoms with van der Waals surface area (Å²) in [5, 5.41) is 0. The summed E-state index contributed by atoms with van der Waals surface area (Å²) in [5.41, 5.74) is 0.934. The van der Waals surface area contributed by atoms with Crippen molar-refractivity contribution >= 4 is 27.6 Å². The highest BCUT2D eigenvalue weighted by Crippen LogP contribution is 2.27. The van der Waals surface area contributed by atoms with Crippen molar-refractivity contribution in [3.8, 4) is 5.75 Å². The lowest BCUT2D eigenvalue weighted by Gasteiger charge is -2.23. The van der Waals surface area contributed by atoms with E-state index in [9.17, 15) is 4.79 Å². The summed E-state index contributed by atoms with van der Waals surface area (Å²) >= 11 is 3.29. The van der Waals surface area contributed by atoms with Crippen LogP contribution in [0.5, 0.6) is 5.75 Å². The van der Waals surface area contributed by atoms with Gasteiger partial charge < -0.3 is 14.4 Å². The lowest BCUT2D eigenvalue weighted by Crippen LogP contribution is -2.31. The van der Waals surface area contributed by atoms with Crippen LogP contribution in [0.2, 0.25) is 0 Å². The molecule has 0 spiro atoms. The molecular weight excluding hydrogens is 286 g/mol. The Kier molecular flexibility index (Phi) is 5.28. The molecule has 0 saturated carbocycles. The zero-order valence-corrected chi connectivity index (χ0v) is 11.7. The van der Waals surface area contributed by atoms with E-state index in [1.807, 2.05) is 36.2 Å². The van der Waals surface area contributed by atoms with Gasteiger partial charge >= 0.3 is 5.97 Å². The molecule has 0 radical (unpaired) electrons. The fourth-order valence-electron chi connectivity index (χ4n) is 1.49. The Balaban J connectivity index is 2.75. The van der Waals surface area contributed by atoms with Gasteiger partial charge in [-0.1, -0.05) is 28.1 Å². The Hall–Kier alpha value is -1.23. The first-order valence-electron chi connectivity index (χ1n) is 5.16. The van der Waals surface area contributed by atoms with E-state index >= 15 is 0 Å². The van der Waals surface area contributed by atoms with Crippen LogP contribution in [0.1, 0.15) is 0 Å². The van der Waals surface area contributed by atoms with E-state index in [1.165, 1.54) is 7.11 Å². The number of hydrogen-bond donors (Lipinski definition) is 0. The molecule has 4 nitrogen and oxygen atoms in total. The summed E-state index contributed by atoms with van der Waals surface area (Å²) in [6.07, 6.45) is 0. The minimum Gasteiger partial charge on any atom is -0.495 e. The maximum Gasteiger partial charge on any atom is 0.321 e. The highest BCUT2D eigenvalue weighted by molar-refractivity contribution is 9.10. The van der Waals surface area contributed by atoms with E-state index in [-0.39, 0.29) is 10.8 Å². The van der Waals surface area contributed by atoms with Crippen LogP contribution in [0.15, 0.2) is 24.3 Å². The van der Waals surface area contributed by atoms with Crippen molar-refractivity contribution in [2.75, 3.05) is 32.7 Å². The van der Waals surface area contributed by atoms with Gasteiger partial charge in [0.05, 0.1) is 19.9 Å². The van der Waals surface area contributed by atoms with Gasteiger partial charge in [-0.2, -0.15) is 0 Å². The summed E-state index contributed by atoms with van der Waals surface area (Å²) < 4.78 is 9.92. The average Bonchev–Trinajstić information content (AvgIpc) is 2.37. The second-order valence-corrected chi connectivity index (χ2v) is 4.65. The van der Waals surface area contributed by atoms with E-state index in [4.69, 9.17) is 4.74 Å². The van der Waals surface area contributed by atoms with Crippen LogP contribution in [-0.4, -0.2) is 38.6 Å². The lowest BCUT2D eigenvalue weighted by atomic mass is 10.2. The monoisotopic (exact) mass is 301 g/mol. The van der Waals surface area contributed by atoms with Crippen molar-refractivity contribution in [3.05, 3.63) is 24.3 Å². The molecular formula is C12H16BrNO3. The fourth-order valence-corrected chi connectivity index (χ4v) is 2.11. The van der Waals surface area contributed by atoms with Crippen LogP contribution in [0.3, 0.4) is 0 Å². The highest BCUT2D eigenvalue weighted by atomic mass is 79.9. The van der Waals surface area contributed by atoms with E-state index in [2.05, 4.69) is 20.7 Å². The molecule has 0 heterocycles. The predicted molar refractivity (Wildman–Crippen MR) is 71.0 cm³/mol. The van der Waals surface area contributed by atoms with Crippen LogP contribution in [0.4, 0.5) is 5.69 Å². The fraction of sp³-hybridized carbons (Fsp3) is 0.417. The Morgan fingerprint density at radius 3 is 2.65 bits per heavy atom. The molecule has 1 unspecified atom stereocenters. The molecule has 1 rings (SSSR count). The maximum atomic E-state index is 11.3. The van der Waals surface area contributed by atoms with Gasteiger partial charge in [0.1, 0.15) is 10.6 Å². The number of esters is 1. The van der Waals surface area contributed by atoms with E-state index in [1.54, 1.807) is 7.11 Å². The third kappa shape index (κ3) is 3.63. The molecule has 1 aromatic carbocycles. The summed E-state index contributed by atoms with van der Waals surface area (Å²) in [4.78, 5) is 12.9. The number of carbonyl (C=O) groups excluding carboxylic acids is 1. The average molecular weight is 302 g/mol. The van der Waals surface area contributed by atoms with Crippen molar-refractivity contribution in [2.45, 2.75) is 4.83 Å². The molecule has 1 atom stereocenters. The molecule has 17 heavy (non-hydrogen) atoms. The van der Waals surface area contributed by atoms with Crippen molar-refractivity contribution < 1.29 is 14.3 Å². The number of hydrogen-bond acceptors (Lipinski definition) is 4. The number of nitrogens with zero attached hydrogens (tertiary/aromatic N) is 1. The Morgan fingerprint density at radius 2 is 2.06 bits per heavy atom. The van der Waals surface area contributed by atoms with Gasteiger partial charge in [0, 0.05) is 13.6 Å². The first-order valence-corrected chi connectivity index (χ1v) is 6.07. The second-order valence-electron chi connectivity index (χ2n) is 3.54. The third-order valence-electron chi connectivity index (χ3n) is 2.39. The lowest BCUT2D eigenvalue weighted by molar-refractivity contribution is -0.139. The first kappa shape index (κ1) is 13.8. The Labute approximate surface area is 110 Å². The third-order valence-corrected chi connectivity index (χ3v) is 3.05. The SMILES string of the molecule is COC(=O)C(Br)CN(C)c1ccccc1OC. The standard InChI is InChI=1S/C12H16BrNO3/c1-14(8-9(13)12(15)17-3)10-6-4-5-7-11(10)16-2/h4-7,9H,8H2,1-3H3. The number of rotatable bonds is 5. The van der Waals surface area contributed by atoms with Crippen molar-refractivity contribution in [1.82, 2.24) is 0 Å². The van der Waals surface area contributed by atoms with Gasteiger partial charge in [0.15, 0.2) is 0 Å². The van der Waals surface area contributed by atoms with E-state index < -0.39 is 0 Å². The molecule has 0 aromatic heterocycles. The van der Waals surface area contributed by atoms with Crippen molar-refractivity contribution in [3.63, 3.8) is 0 Å². The maximum absolute atomic E-state index is 11.3. The highest BCUT2D eigenvalue weighted by Gasteiger charge is 2.18. The van der Waals surface area contributed by atoms with Crippen LogP contribution < -0.4 is 9.64 Å². The minimum absolute atomic E-state index is 0.285. The quantitative estimate of drug-likeness (QED) is 0.616. The molecule has 0 amide bonds. The molecule has 0 aliphatic carbocycles. The van der Waals surface area contributed by atoms with Crippen LogP contribution in [0, 0.1) is 0 Å². The predicted octanol–water partition coefficient (Wildman–Crippen LogP) is 2.07. The summed E-state index contributed by atoms with van der Waals surface area (Å²) in [7, 11) is 4.90. The van der Waals surface area contributed by atoms with Crippen molar-refractivity contribution in [2.24, 2.45) is 0 Å². The van der Waals surface area contributed by atoms with Crippen LogP contribution in [-0.2, 0) is 9.53 Å². The van der Waals surface area contributed by atoms with E-state index in [0.717, 1.165) is 11.4 Å². The summed E-state index contributed by atoms with van der Waals surface area (Å²) in [6.45, 7) is 0.507. The second kappa shape index (κ2) is 6.49. The molecule has 0 N–H and O–H groups in total. The van der Waals surface area contributed by atoms with Crippen molar-refractivity contribution in [1.29, 1.82) is 0 Å².